The number of carbonyl (C=O) groups excluding carboxylic acids is 2. The van der Waals surface area contributed by atoms with E-state index in [2.05, 4.69) is 10.6 Å². The average molecular weight is 293 g/mol. The van der Waals surface area contributed by atoms with Crippen LogP contribution in [0.1, 0.15) is 29.8 Å². The van der Waals surface area contributed by atoms with Gasteiger partial charge in [-0.3, -0.25) is 4.79 Å². The maximum atomic E-state index is 12.1. The molecule has 1 rings (SSSR count). The van der Waals surface area contributed by atoms with Crippen LogP contribution in [-0.4, -0.2) is 48.2 Å². The summed E-state index contributed by atoms with van der Waals surface area (Å²) in [6.45, 7) is 5.89. The number of nitrogens with one attached hydrogen (secondary N) is 2. The Balaban J connectivity index is 2.90. The lowest BCUT2D eigenvalue weighted by Gasteiger charge is -2.24. The molecule has 0 bridgehead atoms. The minimum absolute atomic E-state index is 0.109. The number of hydrogen-bond acceptors (Lipinski definition) is 3. The van der Waals surface area contributed by atoms with E-state index in [1.54, 1.807) is 32.2 Å². The third kappa shape index (κ3) is 4.46. The Hall–Kier alpha value is -2.08. The number of urea groups is 1. The fourth-order valence-electron chi connectivity index (χ4n) is 1.69. The normalized spacial score (nSPS) is 11.7. The standard InChI is InChI=1S/C15H23N3O3/c1-5-16-14(20)12-7-6-10(2)13(8-12)17-15(21)18(4)11(3)9-19/h6-8,11,19H,5,9H2,1-4H3,(H,16,20)(H,17,21)/t11-/m0/s1. The van der Waals surface area contributed by atoms with Crippen molar-refractivity contribution in [3.8, 4) is 0 Å². The molecule has 0 aromatic heterocycles. The largest absolute Gasteiger partial charge is 0.394 e. The van der Waals surface area contributed by atoms with Crippen molar-refractivity contribution >= 4 is 17.6 Å². The molecule has 0 saturated heterocycles. The number of aryl methyl sites for hydroxylation is 1. The monoisotopic (exact) mass is 293 g/mol. The zero-order valence-corrected chi connectivity index (χ0v) is 12.9. The van der Waals surface area contributed by atoms with Crippen molar-refractivity contribution in [3.63, 3.8) is 0 Å². The number of nitrogens with zero attached hydrogens (tertiary/aromatic N) is 1. The highest BCUT2D eigenvalue weighted by Crippen LogP contribution is 2.17. The number of anilines is 1. The Labute approximate surface area is 125 Å². The second-order valence-electron chi connectivity index (χ2n) is 4.96. The van der Waals surface area contributed by atoms with E-state index in [1.807, 2.05) is 13.8 Å². The first kappa shape index (κ1) is 17.0. The first-order valence-electron chi connectivity index (χ1n) is 6.94. The van der Waals surface area contributed by atoms with Gasteiger partial charge < -0.3 is 20.6 Å². The molecule has 6 heteroatoms. The second kappa shape index (κ2) is 7.64. The lowest BCUT2D eigenvalue weighted by molar-refractivity contribution is 0.0956. The van der Waals surface area contributed by atoms with Crippen molar-refractivity contribution in [2.45, 2.75) is 26.8 Å². The van der Waals surface area contributed by atoms with Crippen LogP contribution < -0.4 is 10.6 Å². The van der Waals surface area contributed by atoms with Gasteiger partial charge in [0.1, 0.15) is 0 Å². The summed E-state index contributed by atoms with van der Waals surface area (Å²) in [6.07, 6.45) is 0. The highest BCUT2D eigenvalue weighted by molar-refractivity contribution is 5.97. The van der Waals surface area contributed by atoms with E-state index in [9.17, 15) is 9.59 Å². The van der Waals surface area contributed by atoms with E-state index in [0.717, 1.165) is 5.56 Å². The lowest BCUT2D eigenvalue weighted by Crippen LogP contribution is -2.40. The molecule has 0 heterocycles. The lowest BCUT2D eigenvalue weighted by atomic mass is 10.1. The van der Waals surface area contributed by atoms with Crippen LogP contribution in [0.4, 0.5) is 10.5 Å². The summed E-state index contributed by atoms with van der Waals surface area (Å²) in [6, 6.07) is 4.55. The molecule has 0 aliphatic heterocycles. The SMILES string of the molecule is CCNC(=O)c1ccc(C)c(NC(=O)N(C)[C@@H](C)CO)c1. The van der Waals surface area contributed by atoms with Gasteiger partial charge in [0.05, 0.1) is 12.6 Å². The van der Waals surface area contributed by atoms with Gasteiger partial charge in [0.2, 0.25) is 0 Å². The second-order valence-corrected chi connectivity index (χ2v) is 4.96. The van der Waals surface area contributed by atoms with Crippen LogP contribution in [0, 0.1) is 6.92 Å². The summed E-state index contributed by atoms with van der Waals surface area (Å²) in [5, 5.41) is 14.6. The molecule has 0 aliphatic carbocycles. The van der Waals surface area contributed by atoms with E-state index in [-0.39, 0.29) is 24.6 Å². The molecular weight excluding hydrogens is 270 g/mol. The molecule has 0 unspecified atom stereocenters. The van der Waals surface area contributed by atoms with Crippen molar-refractivity contribution in [3.05, 3.63) is 29.3 Å². The molecule has 1 aromatic carbocycles. The van der Waals surface area contributed by atoms with Gasteiger partial charge >= 0.3 is 6.03 Å². The summed E-state index contributed by atoms with van der Waals surface area (Å²) in [5.41, 5.74) is 1.94. The molecule has 1 atom stereocenters. The first-order chi connectivity index (χ1) is 9.90. The highest BCUT2D eigenvalue weighted by Gasteiger charge is 2.16. The van der Waals surface area contributed by atoms with E-state index in [0.29, 0.717) is 17.8 Å². The Morgan fingerprint density at radius 1 is 1.38 bits per heavy atom. The molecule has 0 radical (unpaired) electrons. The molecule has 0 fully saturated rings. The molecule has 1 aromatic rings. The Bertz CT molecular complexity index is 517. The van der Waals surface area contributed by atoms with Gasteiger partial charge in [-0.05, 0) is 38.5 Å². The molecule has 3 amide bonds. The third-order valence-corrected chi connectivity index (χ3v) is 3.32. The van der Waals surface area contributed by atoms with Crippen molar-refractivity contribution in [1.82, 2.24) is 10.2 Å². The zero-order chi connectivity index (χ0) is 16.0. The van der Waals surface area contributed by atoms with Crippen LogP contribution in [0.3, 0.4) is 0 Å². The summed E-state index contributed by atoms with van der Waals surface area (Å²) < 4.78 is 0. The predicted octanol–water partition coefficient (Wildman–Crippen LogP) is 1.59. The van der Waals surface area contributed by atoms with E-state index in [4.69, 9.17) is 5.11 Å². The predicted molar refractivity (Wildman–Crippen MR) is 82.5 cm³/mol. The fourth-order valence-corrected chi connectivity index (χ4v) is 1.69. The zero-order valence-electron chi connectivity index (χ0n) is 12.9. The van der Waals surface area contributed by atoms with E-state index >= 15 is 0 Å². The van der Waals surface area contributed by atoms with Gasteiger partial charge in [0.15, 0.2) is 0 Å². The minimum atomic E-state index is -0.326. The van der Waals surface area contributed by atoms with Crippen LogP contribution in [0.5, 0.6) is 0 Å². The van der Waals surface area contributed by atoms with Crippen LogP contribution in [-0.2, 0) is 0 Å². The molecule has 116 valence electrons. The number of hydrogen-bond donors (Lipinski definition) is 3. The highest BCUT2D eigenvalue weighted by atomic mass is 16.3. The summed E-state index contributed by atoms with van der Waals surface area (Å²) in [5.74, 6) is -0.176. The Morgan fingerprint density at radius 3 is 2.62 bits per heavy atom. The first-order valence-corrected chi connectivity index (χ1v) is 6.94. The van der Waals surface area contributed by atoms with Gasteiger partial charge in [0, 0.05) is 24.8 Å². The fraction of sp³-hybridized carbons (Fsp3) is 0.467. The molecule has 21 heavy (non-hydrogen) atoms. The van der Waals surface area contributed by atoms with E-state index in [1.165, 1.54) is 4.90 Å². The quantitative estimate of drug-likeness (QED) is 0.771. The minimum Gasteiger partial charge on any atom is -0.394 e. The number of amides is 3. The van der Waals surface area contributed by atoms with Gasteiger partial charge in [-0.2, -0.15) is 0 Å². The summed E-state index contributed by atoms with van der Waals surface area (Å²) in [4.78, 5) is 25.3. The molecule has 6 nitrogen and oxygen atoms in total. The third-order valence-electron chi connectivity index (χ3n) is 3.32. The number of rotatable bonds is 5. The van der Waals surface area contributed by atoms with Gasteiger partial charge in [0.25, 0.3) is 5.91 Å². The van der Waals surface area contributed by atoms with Crippen LogP contribution in [0.25, 0.3) is 0 Å². The smallest absolute Gasteiger partial charge is 0.321 e. The van der Waals surface area contributed by atoms with Crippen LogP contribution >= 0.6 is 0 Å². The van der Waals surface area contributed by atoms with Crippen LogP contribution in [0.15, 0.2) is 18.2 Å². The maximum absolute atomic E-state index is 12.1. The average Bonchev–Trinajstić information content (AvgIpc) is 2.47. The molecule has 0 aliphatic rings. The molecule has 0 spiro atoms. The number of aliphatic hydroxyl groups is 1. The maximum Gasteiger partial charge on any atom is 0.321 e. The van der Waals surface area contributed by atoms with Crippen molar-refractivity contribution in [1.29, 1.82) is 0 Å². The number of carbonyl (C=O) groups is 2. The molecule has 3 N–H and O–H groups in total. The number of aliphatic hydroxyl groups excluding tert-OH is 1. The Morgan fingerprint density at radius 2 is 2.05 bits per heavy atom. The van der Waals surface area contributed by atoms with Crippen molar-refractivity contribution in [2.75, 3.05) is 25.5 Å². The van der Waals surface area contributed by atoms with Gasteiger partial charge in [-0.25, -0.2) is 4.79 Å². The topological polar surface area (TPSA) is 81.7 Å². The van der Waals surface area contributed by atoms with E-state index < -0.39 is 0 Å². The van der Waals surface area contributed by atoms with Crippen LogP contribution in [0.2, 0.25) is 0 Å². The number of benzene rings is 1. The molecule has 0 saturated carbocycles. The van der Waals surface area contributed by atoms with Gasteiger partial charge in [-0.15, -0.1) is 0 Å². The van der Waals surface area contributed by atoms with Gasteiger partial charge in [-0.1, -0.05) is 6.07 Å². The molecular formula is C15H23N3O3. The summed E-state index contributed by atoms with van der Waals surface area (Å²) in [7, 11) is 1.61. The summed E-state index contributed by atoms with van der Waals surface area (Å²) >= 11 is 0. The van der Waals surface area contributed by atoms with Crippen molar-refractivity contribution < 1.29 is 14.7 Å². The van der Waals surface area contributed by atoms with Crippen molar-refractivity contribution in [2.24, 2.45) is 0 Å². The Kier molecular flexibility index (Phi) is 6.17. The number of likely N-dealkylation sites (N-methyl/N-ethyl adjacent to an activating group) is 1.